The van der Waals surface area contributed by atoms with Gasteiger partial charge in [-0.25, -0.2) is 9.48 Å². The number of anilines is 1. The summed E-state index contributed by atoms with van der Waals surface area (Å²) in [6.07, 6.45) is 0. The zero-order chi connectivity index (χ0) is 19.6. The van der Waals surface area contributed by atoms with Crippen LogP contribution in [0.4, 0.5) is 5.69 Å². The molecule has 0 saturated heterocycles. The number of para-hydroxylation sites is 1. The molecule has 0 radical (unpaired) electrons. The number of aromatic carboxylic acids is 1. The summed E-state index contributed by atoms with van der Waals surface area (Å²) in [6.45, 7) is 1.43. The Bertz CT molecular complexity index is 1160. The van der Waals surface area contributed by atoms with Crippen molar-refractivity contribution in [2.45, 2.75) is 13.0 Å². The largest absolute Gasteiger partial charge is 0.476 e. The maximum Gasteiger partial charge on any atom is 0.357 e. The third-order valence-corrected chi connectivity index (χ3v) is 4.08. The second kappa shape index (κ2) is 7.09. The van der Waals surface area contributed by atoms with E-state index in [9.17, 15) is 19.5 Å². The van der Waals surface area contributed by atoms with Crippen molar-refractivity contribution in [3.8, 4) is 6.07 Å². The number of benzene rings is 2. The lowest BCUT2D eigenvalue weighted by atomic mass is 10.1. The standard InChI is InChI=1S/C19H14N4O4/c1-11(17(24)21-15-9-5-2-6-12(15)10-20)23-18(25)14-8-4-3-7-13(14)16(22-23)19(26)27/h2-9,11H,1H3,(H,21,24)(H,26,27). The van der Waals surface area contributed by atoms with Crippen LogP contribution >= 0.6 is 0 Å². The Hall–Kier alpha value is -3.99. The second-order valence-electron chi connectivity index (χ2n) is 5.77. The fourth-order valence-corrected chi connectivity index (χ4v) is 2.66. The summed E-state index contributed by atoms with van der Waals surface area (Å²) in [6, 6.07) is 13.5. The fraction of sp³-hybridized carbons (Fsp3) is 0.105. The Balaban J connectivity index is 2.05. The molecule has 1 heterocycles. The van der Waals surface area contributed by atoms with Crippen LogP contribution in [0.15, 0.2) is 53.3 Å². The van der Waals surface area contributed by atoms with Gasteiger partial charge in [-0.15, -0.1) is 0 Å². The number of fused-ring (bicyclic) bond motifs is 1. The van der Waals surface area contributed by atoms with Gasteiger partial charge in [0, 0.05) is 5.39 Å². The smallest absolute Gasteiger partial charge is 0.357 e. The first-order valence-electron chi connectivity index (χ1n) is 7.99. The van der Waals surface area contributed by atoms with Crippen molar-refractivity contribution in [1.29, 1.82) is 5.26 Å². The quantitative estimate of drug-likeness (QED) is 0.733. The van der Waals surface area contributed by atoms with Gasteiger partial charge in [0.1, 0.15) is 12.1 Å². The molecule has 0 bridgehead atoms. The third-order valence-electron chi connectivity index (χ3n) is 4.08. The third kappa shape index (κ3) is 3.26. The molecule has 1 amide bonds. The van der Waals surface area contributed by atoms with Gasteiger partial charge < -0.3 is 10.4 Å². The van der Waals surface area contributed by atoms with Gasteiger partial charge in [-0.1, -0.05) is 30.3 Å². The van der Waals surface area contributed by atoms with Crippen molar-refractivity contribution in [1.82, 2.24) is 9.78 Å². The summed E-state index contributed by atoms with van der Waals surface area (Å²) < 4.78 is 0.843. The van der Waals surface area contributed by atoms with Gasteiger partial charge in [0.15, 0.2) is 5.69 Å². The number of nitrogens with one attached hydrogen (secondary N) is 1. The SMILES string of the molecule is CC(C(=O)Nc1ccccc1C#N)n1nc(C(=O)O)c2ccccc2c1=O. The summed E-state index contributed by atoms with van der Waals surface area (Å²) in [5, 5.41) is 25.3. The summed E-state index contributed by atoms with van der Waals surface area (Å²) in [7, 11) is 0. The average Bonchev–Trinajstić information content (AvgIpc) is 2.68. The van der Waals surface area contributed by atoms with E-state index in [0.29, 0.717) is 5.69 Å². The number of hydrogen-bond acceptors (Lipinski definition) is 5. The van der Waals surface area contributed by atoms with Crippen LogP contribution in [-0.4, -0.2) is 26.8 Å². The van der Waals surface area contributed by atoms with Gasteiger partial charge in [-0.2, -0.15) is 10.4 Å². The minimum atomic E-state index is -1.30. The van der Waals surface area contributed by atoms with Gasteiger partial charge in [0.2, 0.25) is 5.91 Å². The highest BCUT2D eigenvalue weighted by atomic mass is 16.4. The lowest BCUT2D eigenvalue weighted by Gasteiger charge is -2.16. The van der Waals surface area contributed by atoms with E-state index in [2.05, 4.69) is 10.4 Å². The van der Waals surface area contributed by atoms with Gasteiger partial charge in [0.25, 0.3) is 5.56 Å². The van der Waals surface area contributed by atoms with Gasteiger partial charge in [-0.3, -0.25) is 9.59 Å². The highest BCUT2D eigenvalue weighted by Crippen LogP contribution is 2.18. The van der Waals surface area contributed by atoms with Gasteiger partial charge in [-0.05, 0) is 25.1 Å². The van der Waals surface area contributed by atoms with Crippen LogP contribution in [-0.2, 0) is 4.79 Å². The van der Waals surface area contributed by atoms with Crippen molar-refractivity contribution < 1.29 is 14.7 Å². The first kappa shape index (κ1) is 17.8. The maximum absolute atomic E-state index is 12.7. The highest BCUT2D eigenvalue weighted by Gasteiger charge is 2.23. The predicted octanol–water partition coefficient (Wildman–Crippen LogP) is 2.17. The molecule has 0 aliphatic rings. The highest BCUT2D eigenvalue weighted by molar-refractivity contribution is 6.01. The normalized spacial score (nSPS) is 11.6. The Morgan fingerprint density at radius 3 is 2.44 bits per heavy atom. The molecule has 0 aliphatic heterocycles. The number of carboxylic acid groups (broad SMARTS) is 1. The van der Waals surface area contributed by atoms with Gasteiger partial charge in [0.05, 0.1) is 16.6 Å². The van der Waals surface area contributed by atoms with Crippen LogP contribution in [0.2, 0.25) is 0 Å². The number of hydrogen-bond donors (Lipinski definition) is 2. The second-order valence-corrected chi connectivity index (χ2v) is 5.77. The van der Waals surface area contributed by atoms with Crippen LogP contribution < -0.4 is 10.9 Å². The van der Waals surface area contributed by atoms with Crippen LogP contribution in [0.1, 0.15) is 29.0 Å². The van der Waals surface area contributed by atoms with E-state index in [0.717, 1.165) is 4.68 Å². The van der Waals surface area contributed by atoms with Crippen LogP contribution in [0.5, 0.6) is 0 Å². The Morgan fingerprint density at radius 1 is 1.15 bits per heavy atom. The molecule has 0 fully saturated rings. The molecular weight excluding hydrogens is 348 g/mol. The van der Waals surface area contributed by atoms with Crippen molar-refractivity contribution in [3.05, 3.63) is 70.1 Å². The Kier molecular flexibility index (Phi) is 4.68. The molecule has 2 N–H and O–H groups in total. The number of carbonyl (C=O) groups is 2. The summed E-state index contributed by atoms with van der Waals surface area (Å²) in [4.78, 5) is 36.8. The van der Waals surface area contributed by atoms with E-state index in [1.165, 1.54) is 19.1 Å². The van der Waals surface area contributed by atoms with E-state index < -0.39 is 23.5 Å². The summed E-state index contributed by atoms with van der Waals surface area (Å²) in [5.41, 5.74) is -0.332. The minimum absolute atomic E-state index is 0.155. The Labute approximate surface area is 153 Å². The lowest BCUT2D eigenvalue weighted by Crippen LogP contribution is -2.35. The van der Waals surface area contributed by atoms with Gasteiger partial charge >= 0.3 is 5.97 Å². The molecule has 8 heteroatoms. The molecule has 3 rings (SSSR count). The number of nitrogens with zero attached hydrogens (tertiary/aromatic N) is 3. The van der Waals surface area contributed by atoms with Crippen molar-refractivity contribution in [2.75, 3.05) is 5.32 Å². The molecular formula is C19H14N4O4. The van der Waals surface area contributed by atoms with Crippen LogP contribution in [0.25, 0.3) is 10.8 Å². The number of carboxylic acids is 1. The minimum Gasteiger partial charge on any atom is -0.476 e. The number of carbonyl (C=O) groups excluding carboxylic acids is 1. The van der Waals surface area contributed by atoms with Crippen molar-refractivity contribution in [3.63, 3.8) is 0 Å². The fourth-order valence-electron chi connectivity index (χ4n) is 2.66. The zero-order valence-electron chi connectivity index (χ0n) is 14.2. The molecule has 1 aromatic heterocycles. The number of rotatable bonds is 4. The van der Waals surface area contributed by atoms with Crippen LogP contribution in [0.3, 0.4) is 0 Å². The van der Waals surface area contributed by atoms with E-state index in [4.69, 9.17) is 5.26 Å². The number of aromatic nitrogens is 2. The molecule has 0 saturated carbocycles. The maximum atomic E-state index is 12.7. The number of nitriles is 1. The monoisotopic (exact) mass is 362 g/mol. The molecule has 8 nitrogen and oxygen atoms in total. The molecule has 134 valence electrons. The summed E-state index contributed by atoms with van der Waals surface area (Å²) in [5.74, 6) is -1.90. The van der Waals surface area contributed by atoms with E-state index in [1.807, 2.05) is 6.07 Å². The summed E-state index contributed by atoms with van der Waals surface area (Å²) >= 11 is 0. The van der Waals surface area contributed by atoms with E-state index >= 15 is 0 Å². The number of amides is 1. The predicted molar refractivity (Wildman–Crippen MR) is 97.5 cm³/mol. The van der Waals surface area contributed by atoms with Crippen molar-refractivity contribution in [2.24, 2.45) is 0 Å². The molecule has 3 aromatic rings. The molecule has 1 unspecified atom stereocenters. The van der Waals surface area contributed by atoms with E-state index in [-0.39, 0.29) is 22.0 Å². The first-order chi connectivity index (χ1) is 12.9. The molecule has 0 aliphatic carbocycles. The zero-order valence-corrected chi connectivity index (χ0v) is 14.2. The van der Waals surface area contributed by atoms with Crippen molar-refractivity contribution >= 4 is 28.3 Å². The average molecular weight is 362 g/mol. The van der Waals surface area contributed by atoms with E-state index in [1.54, 1.807) is 36.4 Å². The lowest BCUT2D eigenvalue weighted by molar-refractivity contribution is -0.119. The molecule has 2 aromatic carbocycles. The Morgan fingerprint density at radius 2 is 1.78 bits per heavy atom. The topological polar surface area (TPSA) is 125 Å². The van der Waals surface area contributed by atoms with Crippen LogP contribution in [0, 0.1) is 11.3 Å². The molecule has 0 spiro atoms. The first-order valence-corrected chi connectivity index (χ1v) is 7.99. The molecule has 1 atom stereocenters. The molecule has 27 heavy (non-hydrogen) atoms.